The molecule has 0 saturated carbocycles. The molecule has 0 aromatic heterocycles. The standard InChI is InChI=1S/C20H23NO3/c1-14-5-9-17(10-6-14)15(2)21-20(22)12-8-16-7-11-18(23-3)19(13-16)24-4/h5-13,15H,1-4H3,(H,21,22)/b12-8+/t15-/m1/s1. The molecule has 0 aliphatic heterocycles. The molecule has 0 bridgehead atoms. The summed E-state index contributed by atoms with van der Waals surface area (Å²) in [6.45, 7) is 4.01. The van der Waals surface area contributed by atoms with E-state index in [1.54, 1.807) is 20.3 Å². The molecule has 2 aromatic carbocycles. The number of carbonyl (C=O) groups is 1. The lowest BCUT2D eigenvalue weighted by Gasteiger charge is -2.13. The first-order chi connectivity index (χ1) is 11.5. The van der Waals surface area contributed by atoms with Crippen molar-refractivity contribution in [1.29, 1.82) is 0 Å². The highest BCUT2D eigenvalue weighted by atomic mass is 16.5. The quantitative estimate of drug-likeness (QED) is 0.819. The molecule has 0 unspecified atom stereocenters. The first-order valence-corrected chi connectivity index (χ1v) is 7.80. The molecule has 0 aliphatic carbocycles. The molecule has 1 amide bonds. The van der Waals surface area contributed by atoms with Crippen LogP contribution < -0.4 is 14.8 Å². The fourth-order valence-electron chi connectivity index (χ4n) is 2.33. The second kappa shape index (κ2) is 8.20. The van der Waals surface area contributed by atoms with Gasteiger partial charge in [-0.3, -0.25) is 4.79 Å². The van der Waals surface area contributed by atoms with Crippen molar-refractivity contribution < 1.29 is 14.3 Å². The molecule has 0 aliphatic rings. The molecule has 0 saturated heterocycles. The van der Waals surface area contributed by atoms with Crippen molar-refractivity contribution in [2.75, 3.05) is 14.2 Å². The van der Waals surface area contributed by atoms with Gasteiger partial charge in [-0.1, -0.05) is 35.9 Å². The van der Waals surface area contributed by atoms with Crippen molar-refractivity contribution >= 4 is 12.0 Å². The third kappa shape index (κ3) is 4.62. The number of benzene rings is 2. The van der Waals surface area contributed by atoms with Gasteiger partial charge >= 0.3 is 0 Å². The highest BCUT2D eigenvalue weighted by Crippen LogP contribution is 2.27. The highest BCUT2D eigenvalue weighted by molar-refractivity contribution is 5.92. The maximum atomic E-state index is 12.1. The average molecular weight is 325 g/mol. The van der Waals surface area contributed by atoms with Gasteiger partial charge in [-0.2, -0.15) is 0 Å². The summed E-state index contributed by atoms with van der Waals surface area (Å²) in [6, 6.07) is 13.6. The van der Waals surface area contributed by atoms with Crippen LogP contribution in [0, 0.1) is 6.92 Å². The molecule has 24 heavy (non-hydrogen) atoms. The molecule has 4 nitrogen and oxygen atoms in total. The summed E-state index contributed by atoms with van der Waals surface area (Å²) in [5.74, 6) is 1.15. The van der Waals surface area contributed by atoms with Gasteiger partial charge in [0, 0.05) is 6.08 Å². The summed E-state index contributed by atoms with van der Waals surface area (Å²) in [6.07, 6.45) is 3.27. The normalized spacial score (nSPS) is 12.0. The Bertz CT molecular complexity index is 720. The largest absolute Gasteiger partial charge is 0.493 e. The Kier molecular flexibility index (Phi) is 6.01. The number of carbonyl (C=O) groups excluding carboxylic acids is 1. The predicted octanol–water partition coefficient (Wildman–Crippen LogP) is 3.90. The molecule has 1 atom stereocenters. The molecular formula is C20H23NO3. The minimum atomic E-state index is -0.141. The van der Waals surface area contributed by atoms with Crippen molar-refractivity contribution in [1.82, 2.24) is 5.32 Å². The van der Waals surface area contributed by atoms with Crippen LogP contribution >= 0.6 is 0 Å². The molecular weight excluding hydrogens is 302 g/mol. The lowest BCUT2D eigenvalue weighted by molar-refractivity contribution is -0.117. The van der Waals surface area contributed by atoms with Crippen LogP contribution in [-0.4, -0.2) is 20.1 Å². The van der Waals surface area contributed by atoms with Crippen LogP contribution in [0.3, 0.4) is 0 Å². The zero-order valence-corrected chi connectivity index (χ0v) is 14.5. The second-order valence-electron chi connectivity index (χ2n) is 5.59. The number of aryl methyl sites for hydroxylation is 1. The van der Waals surface area contributed by atoms with Gasteiger partial charge in [0.1, 0.15) is 0 Å². The van der Waals surface area contributed by atoms with Gasteiger partial charge < -0.3 is 14.8 Å². The van der Waals surface area contributed by atoms with Gasteiger partial charge in [0.2, 0.25) is 5.91 Å². The summed E-state index contributed by atoms with van der Waals surface area (Å²) >= 11 is 0. The second-order valence-corrected chi connectivity index (χ2v) is 5.59. The van der Waals surface area contributed by atoms with Gasteiger partial charge in [0.25, 0.3) is 0 Å². The smallest absolute Gasteiger partial charge is 0.244 e. The van der Waals surface area contributed by atoms with Crippen LogP contribution in [0.1, 0.15) is 29.7 Å². The van der Waals surface area contributed by atoms with Crippen LogP contribution in [0.4, 0.5) is 0 Å². The van der Waals surface area contributed by atoms with E-state index in [9.17, 15) is 4.79 Å². The van der Waals surface area contributed by atoms with Crippen molar-refractivity contribution in [2.24, 2.45) is 0 Å². The minimum absolute atomic E-state index is 0.0480. The summed E-state index contributed by atoms with van der Waals surface area (Å²) in [5, 5.41) is 2.96. The predicted molar refractivity (Wildman–Crippen MR) is 96.3 cm³/mol. The van der Waals surface area contributed by atoms with E-state index >= 15 is 0 Å². The number of amides is 1. The van der Waals surface area contributed by atoms with E-state index in [4.69, 9.17) is 9.47 Å². The third-order valence-electron chi connectivity index (χ3n) is 3.77. The van der Waals surface area contributed by atoms with Crippen LogP contribution in [-0.2, 0) is 4.79 Å². The molecule has 4 heteroatoms. The first-order valence-electron chi connectivity index (χ1n) is 7.80. The minimum Gasteiger partial charge on any atom is -0.493 e. The summed E-state index contributed by atoms with van der Waals surface area (Å²) in [4.78, 5) is 12.1. The van der Waals surface area contributed by atoms with E-state index in [1.807, 2.05) is 56.3 Å². The van der Waals surface area contributed by atoms with E-state index in [1.165, 1.54) is 11.6 Å². The first kappa shape index (κ1) is 17.6. The number of nitrogens with one attached hydrogen (secondary N) is 1. The van der Waals surface area contributed by atoms with Gasteiger partial charge in [-0.15, -0.1) is 0 Å². The SMILES string of the molecule is COc1ccc(/C=C/C(=O)N[C@H](C)c2ccc(C)cc2)cc1OC. The van der Waals surface area contributed by atoms with Crippen molar-refractivity contribution in [3.63, 3.8) is 0 Å². The maximum absolute atomic E-state index is 12.1. The van der Waals surface area contributed by atoms with E-state index in [0.29, 0.717) is 11.5 Å². The number of hydrogen-bond acceptors (Lipinski definition) is 3. The van der Waals surface area contributed by atoms with Crippen LogP contribution in [0.5, 0.6) is 11.5 Å². The maximum Gasteiger partial charge on any atom is 0.244 e. The van der Waals surface area contributed by atoms with Crippen molar-refractivity contribution in [2.45, 2.75) is 19.9 Å². The zero-order valence-electron chi connectivity index (χ0n) is 14.5. The Morgan fingerprint density at radius 2 is 1.71 bits per heavy atom. The fourth-order valence-corrected chi connectivity index (χ4v) is 2.33. The Morgan fingerprint density at radius 1 is 1.04 bits per heavy atom. The van der Waals surface area contributed by atoms with E-state index in [-0.39, 0.29) is 11.9 Å². The average Bonchev–Trinajstić information content (AvgIpc) is 2.60. The van der Waals surface area contributed by atoms with E-state index < -0.39 is 0 Å². The van der Waals surface area contributed by atoms with Crippen molar-refractivity contribution in [3.05, 3.63) is 65.2 Å². The summed E-state index contributed by atoms with van der Waals surface area (Å²) in [7, 11) is 3.18. The molecule has 1 N–H and O–H groups in total. The molecule has 0 spiro atoms. The molecule has 126 valence electrons. The zero-order chi connectivity index (χ0) is 17.5. The molecule has 2 aromatic rings. The van der Waals surface area contributed by atoms with Gasteiger partial charge in [0.05, 0.1) is 20.3 Å². The van der Waals surface area contributed by atoms with Crippen molar-refractivity contribution in [3.8, 4) is 11.5 Å². The monoisotopic (exact) mass is 325 g/mol. The summed E-state index contributed by atoms with van der Waals surface area (Å²) < 4.78 is 10.5. The number of rotatable bonds is 6. The highest BCUT2D eigenvalue weighted by Gasteiger charge is 2.07. The topological polar surface area (TPSA) is 47.6 Å². The van der Waals surface area contributed by atoms with E-state index in [2.05, 4.69) is 5.32 Å². The van der Waals surface area contributed by atoms with E-state index in [0.717, 1.165) is 11.1 Å². The Morgan fingerprint density at radius 3 is 2.33 bits per heavy atom. The Balaban J connectivity index is 2.01. The van der Waals surface area contributed by atoms with Crippen LogP contribution in [0.25, 0.3) is 6.08 Å². The fraction of sp³-hybridized carbons (Fsp3) is 0.250. The van der Waals surface area contributed by atoms with Crippen LogP contribution in [0.15, 0.2) is 48.5 Å². The lowest BCUT2D eigenvalue weighted by Crippen LogP contribution is -2.24. The Hall–Kier alpha value is -2.75. The van der Waals surface area contributed by atoms with Gasteiger partial charge in [0.15, 0.2) is 11.5 Å². The number of hydrogen-bond donors (Lipinski definition) is 1. The van der Waals surface area contributed by atoms with Gasteiger partial charge in [-0.05, 0) is 43.2 Å². The van der Waals surface area contributed by atoms with Crippen LogP contribution in [0.2, 0.25) is 0 Å². The molecule has 0 radical (unpaired) electrons. The molecule has 0 heterocycles. The summed E-state index contributed by atoms with van der Waals surface area (Å²) in [5.41, 5.74) is 3.14. The molecule has 0 fully saturated rings. The van der Waals surface area contributed by atoms with Gasteiger partial charge in [-0.25, -0.2) is 0 Å². The number of ether oxygens (including phenoxy) is 2. The third-order valence-corrected chi connectivity index (χ3v) is 3.77. The number of methoxy groups -OCH3 is 2. The molecule has 2 rings (SSSR count). The lowest BCUT2D eigenvalue weighted by atomic mass is 10.1. The Labute approximate surface area is 143 Å².